The van der Waals surface area contributed by atoms with Crippen LogP contribution in [0.3, 0.4) is 0 Å². The SMILES string of the molecule is CCn1ccc(CN(C)C(=O)c2ccn(COc3ccc(OC)cc3)n2)n1. The van der Waals surface area contributed by atoms with E-state index in [4.69, 9.17) is 9.47 Å². The molecule has 1 aromatic carbocycles. The predicted octanol–water partition coefficient (Wildman–Crippen LogP) is 2.42. The highest BCUT2D eigenvalue weighted by molar-refractivity contribution is 5.91. The minimum Gasteiger partial charge on any atom is -0.497 e. The van der Waals surface area contributed by atoms with Crippen molar-refractivity contribution in [1.82, 2.24) is 24.5 Å². The fourth-order valence-corrected chi connectivity index (χ4v) is 2.53. The van der Waals surface area contributed by atoms with E-state index in [1.165, 1.54) is 0 Å². The number of hydrogen-bond acceptors (Lipinski definition) is 5. The molecule has 0 N–H and O–H groups in total. The van der Waals surface area contributed by atoms with E-state index in [0.717, 1.165) is 18.0 Å². The highest BCUT2D eigenvalue weighted by Gasteiger charge is 2.16. The summed E-state index contributed by atoms with van der Waals surface area (Å²) in [5.41, 5.74) is 1.21. The van der Waals surface area contributed by atoms with Crippen molar-refractivity contribution in [3.63, 3.8) is 0 Å². The third-order valence-electron chi connectivity index (χ3n) is 4.05. The summed E-state index contributed by atoms with van der Waals surface area (Å²) in [5, 5.41) is 8.69. The molecular weight excluding hydrogens is 346 g/mol. The van der Waals surface area contributed by atoms with Gasteiger partial charge in [0.2, 0.25) is 0 Å². The Morgan fingerprint density at radius 3 is 2.41 bits per heavy atom. The first-order valence-electron chi connectivity index (χ1n) is 8.67. The van der Waals surface area contributed by atoms with Crippen LogP contribution in [0.25, 0.3) is 0 Å². The Hall–Kier alpha value is -3.29. The Balaban J connectivity index is 1.56. The maximum Gasteiger partial charge on any atom is 0.274 e. The summed E-state index contributed by atoms with van der Waals surface area (Å²) < 4.78 is 14.2. The van der Waals surface area contributed by atoms with Gasteiger partial charge in [-0.25, -0.2) is 4.68 Å². The predicted molar refractivity (Wildman–Crippen MR) is 99.5 cm³/mol. The third kappa shape index (κ3) is 4.66. The molecule has 8 nitrogen and oxygen atoms in total. The standard InChI is InChI=1S/C19H23N5O3/c1-4-23-11-9-15(20-23)13-22(2)19(25)18-10-12-24(21-18)14-27-17-7-5-16(26-3)6-8-17/h5-12H,4,13-14H2,1-3H3. The molecule has 2 heterocycles. The summed E-state index contributed by atoms with van der Waals surface area (Å²) >= 11 is 0. The molecule has 0 saturated heterocycles. The lowest BCUT2D eigenvalue weighted by Crippen LogP contribution is -2.27. The molecule has 0 spiro atoms. The van der Waals surface area contributed by atoms with E-state index in [1.807, 2.05) is 48.1 Å². The van der Waals surface area contributed by atoms with E-state index in [-0.39, 0.29) is 12.6 Å². The number of methoxy groups -OCH3 is 1. The summed E-state index contributed by atoms with van der Waals surface area (Å²) in [5.74, 6) is 1.30. The number of amides is 1. The van der Waals surface area contributed by atoms with Crippen LogP contribution in [0, 0.1) is 0 Å². The number of aromatic nitrogens is 4. The van der Waals surface area contributed by atoms with Gasteiger partial charge in [0.1, 0.15) is 11.5 Å². The molecule has 3 rings (SSSR count). The molecule has 0 fully saturated rings. The lowest BCUT2D eigenvalue weighted by Gasteiger charge is -2.14. The summed E-state index contributed by atoms with van der Waals surface area (Å²) in [6.45, 7) is 3.47. The Bertz CT molecular complexity index is 885. The quantitative estimate of drug-likeness (QED) is 0.610. The highest BCUT2D eigenvalue weighted by Crippen LogP contribution is 2.17. The van der Waals surface area contributed by atoms with Crippen LogP contribution in [-0.2, 0) is 19.8 Å². The molecule has 0 unspecified atom stereocenters. The van der Waals surface area contributed by atoms with E-state index in [2.05, 4.69) is 10.2 Å². The molecule has 0 bridgehead atoms. The fourth-order valence-electron chi connectivity index (χ4n) is 2.53. The average molecular weight is 369 g/mol. The van der Waals surface area contributed by atoms with Gasteiger partial charge < -0.3 is 14.4 Å². The van der Waals surface area contributed by atoms with Crippen molar-refractivity contribution in [2.45, 2.75) is 26.7 Å². The van der Waals surface area contributed by atoms with Crippen molar-refractivity contribution in [1.29, 1.82) is 0 Å². The number of hydrogen-bond donors (Lipinski definition) is 0. The van der Waals surface area contributed by atoms with Gasteiger partial charge in [-0.2, -0.15) is 10.2 Å². The summed E-state index contributed by atoms with van der Waals surface area (Å²) in [6, 6.07) is 10.9. The molecule has 8 heteroatoms. The van der Waals surface area contributed by atoms with Gasteiger partial charge in [0.15, 0.2) is 12.4 Å². The number of carbonyl (C=O) groups is 1. The first kappa shape index (κ1) is 18.5. The van der Waals surface area contributed by atoms with Crippen molar-refractivity contribution in [3.05, 3.63) is 60.2 Å². The van der Waals surface area contributed by atoms with E-state index in [9.17, 15) is 4.79 Å². The summed E-state index contributed by atoms with van der Waals surface area (Å²) in [4.78, 5) is 14.1. The zero-order chi connectivity index (χ0) is 19.2. The second-order valence-corrected chi connectivity index (χ2v) is 6.01. The molecule has 0 atom stereocenters. The van der Waals surface area contributed by atoms with Crippen LogP contribution in [0.2, 0.25) is 0 Å². The van der Waals surface area contributed by atoms with Crippen LogP contribution in [0.5, 0.6) is 11.5 Å². The smallest absolute Gasteiger partial charge is 0.274 e. The van der Waals surface area contributed by atoms with Crippen LogP contribution in [0.15, 0.2) is 48.8 Å². The number of ether oxygens (including phenoxy) is 2. The molecule has 1 amide bonds. The van der Waals surface area contributed by atoms with Gasteiger partial charge in [-0.05, 0) is 43.3 Å². The van der Waals surface area contributed by atoms with E-state index in [0.29, 0.717) is 18.0 Å². The molecule has 0 saturated carbocycles. The topological polar surface area (TPSA) is 74.4 Å². The Morgan fingerprint density at radius 2 is 1.74 bits per heavy atom. The molecular formula is C19H23N5O3. The summed E-state index contributed by atoms with van der Waals surface area (Å²) in [6.07, 6.45) is 3.62. The Kier molecular flexibility index (Phi) is 5.75. The Labute approximate surface area is 157 Å². The normalized spacial score (nSPS) is 10.6. The van der Waals surface area contributed by atoms with Gasteiger partial charge in [-0.3, -0.25) is 9.48 Å². The largest absolute Gasteiger partial charge is 0.497 e. The van der Waals surface area contributed by atoms with Crippen molar-refractivity contribution >= 4 is 5.91 Å². The zero-order valence-corrected chi connectivity index (χ0v) is 15.7. The summed E-state index contributed by atoms with van der Waals surface area (Å²) in [7, 11) is 3.35. The molecule has 0 aliphatic carbocycles. The van der Waals surface area contributed by atoms with Gasteiger partial charge >= 0.3 is 0 Å². The first-order chi connectivity index (χ1) is 13.1. The van der Waals surface area contributed by atoms with Crippen molar-refractivity contribution in [2.75, 3.05) is 14.2 Å². The monoisotopic (exact) mass is 369 g/mol. The van der Waals surface area contributed by atoms with Gasteiger partial charge in [0, 0.05) is 26.0 Å². The van der Waals surface area contributed by atoms with Crippen LogP contribution >= 0.6 is 0 Å². The van der Waals surface area contributed by atoms with Crippen LogP contribution in [0.1, 0.15) is 23.1 Å². The maximum atomic E-state index is 12.5. The minimum absolute atomic E-state index is 0.163. The molecule has 0 radical (unpaired) electrons. The van der Waals surface area contributed by atoms with Crippen LogP contribution in [-0.4, -0.2) is 44.5 Å². The highest BCUT2D eigenvalue weighted by atomic mass is 16.5. The van der Waals surface area contributed by atoms with Crippen LogP contribution in [0.4, 0.5) is 0 Å². The lowest BCUT2D eigenvalue weighted by molar-refractivity contribution is 0.0775. The number of nitrogens with zero attached hydrogens (tertiary/aromatic N) is 5. The first-order valence-corrected chi connectivity index (χ1v) is 8.67. The van der Waals surface area contributed by atoms with Crippen LogP contribution < -0.4 is 9.47 Å². The van der Waals surface area contributed by atoms with Crippen molar-refractivity contribution < 1.29 is 14.3 Å². The third-order valence-corrected chi connectivity index (χ3v) is 4.05. The number of aryl methyl sites for hydroxylation is 1. The lowest BCUT2D eigenvalue weighted by atomic mass is 10.3. The molecule has 3 aromatic rings. The number of carbonyl (C=O) groups excluding carboxylic acids is 1. The van der Waals surface area contributed by atoms with E-state index in [1.54, 1.807) is 36.0 Å². The van der Waals surface area contributed by atoms with Crippen molar-refractivity contribution in [3.8, 4) is 11.5 Å². The minimum atomic E-state index is -0.163. The second-order valence-electron chi connectivity index (χ2n) is 6.01. The van der Waals surface area contributed by atoms with Gasteiger partial charge in [-0.1, -0.05) is 0 Å². The van der Waals surface area contributed by atoms with Gasteiger partial charge in [0.05, 0.1) is 19.3 Å². The van der Waals surface area contributed by atoms with Crippen molar-refractivity contribution in [2.24, 2.45) is 0 Å². The fraction of sp³-hybridized carbons (Fsp3) is 0.316. The zero-order valence-electron chi connectivity index (χ0n) is 15.7. The second kappa shape index (κ2) is 8.39. The average Bonchev–Trinajstić information content (AvgIpc) is 3.35. The molecule has 142 valence electrons. The molecule has 27 heavy (non-hydrogen) atoms. The van der Waals surface area contributed by atoms with Gasteiger partial charge in [-0.15, -0.1) is 0 Å². The molecule has 0 aliphatic rings. The number of rotatable bonds is 8. The molecule has 0 aliphatic heterocycles. The number of benzene rings is 1. The maximum absolute atomic E-state index is 12.5. The van der Waals surface area contributed by atoms with Gasteiger partial charge in [0.25, 0.3) is 5.91 Å². The Morgan fingerprint density at radius 1 is 1.04 bits per heavy atom. The van der Waals surface area contributed by atoms with E-state index < -0.39 is 0 Å². The molecule has 2 aromatic heterocycles. The van der Waals surface area contributed by atoms with E-state index >= 15 is 0 Å².